The van der Waals surface area contributed by atoms with Gasteiger partial charge in [0.25, 0.3) is 17.5 Å². The molecule has 3 aromatic carbocycles. The Kier molecular flexibility index (Phi) is 8.01. The van der Waals surface area contributed by atoms with Crippen molar-refractivity contribution in [1.82, 2.24) is 4.90 Å². The third-order valence-corrected chi connectivity index (χ3v) is 5.93. The molecule has 2 N–H and O–H groups in total. The van der Waals surface area contributed by atoms with Crippen LogP contribution < -0.4 is 10.6 Å². The second-order valence-electron chi connectivity index (χ2n) is 8.57. The number of fused-ring (bicyclic) bond motifs is 1. The summed E-state index contributed by atoms with van der Waals surface area (Å²) in [6, 6.07) is 17.7. The molecule has 0 radical (unpaired) electrons. The Bertz CT molecular complexity index is 1510. The van der Waals surface area contributed by atoms with Gasteiger partial charge in [-0.25, -0.2) is 0 Å². The standard InChI is InChI=1S/C27H23N7O5/c1-17(35)31-25-15-20(29-12-13-33-26(36)22-4-2-3-5-23(22)27(33)37)7-6-18(25)10-11-30-32-24-9-8-21(34(38)39)14-19(24)16-28/h2-9,14-15,29H,10-13H2,1H3,(H,31,35). The Labute approximate surface area is 223 Å². The quantitative estimate of drug-likeness (QED) is 0.170. The minimum Gasteiger partial charge on any atom is -0.383 e. The molecule has 196 valence electrons. The predicted molar refractivity (Wildman–Crippen MR) is 142 cm³/mol. The van der Waals surface area contributed by atoms with Gasteiger partial charge in [0, 0.05) is 43.5 Å². The van der Waals surface area contributed by atoms with E-state index in [1.807, 2.05) is 18.2 Å². The number of benzene rings is 3. The van der Waals surface area contributed by atoms with Crippen molar-refractivity contribution in [2.45, 2.75) is 13.3 Å². The van der Waals surface area contributed by atoms with Crippen LogP contribution in [0.3, 0.4) is 0 Å². The first kappa shape index (κ1) is 26.6. The summed E-state index contributed by atoms with van der Waals surface area (Å²) in [5.41, 5.74) is 2.90. The van der Waals surface area contributed by atoms with Gasteiger partial charge in [0.15, 0.2) is 0 Å². The molecule has 1 heterocycles. The molecule has 0 bridgehead atoms. The van der Waals surface area contributed by atoms with E-state index in [1.54, 1.807) is 30.3 Å². The van der Waals surface area contributed by atoms with Gasteiger partial charge in [-0.15, -0.1) is 0 Å². The number of anilines is 2. The number of nitrogens with one attached hydrogen (secondary N) is 2. The molecule has 0 spiro atoms. The average molecular weight is 526 g/mol. The summed E-state index contributed by atoms with van der Waals surface area (Å²) in [5, 5.41) is 34.2. The van der Waals surface area contributed by atoms with Crippen LogP contribution in [0.25, 0.3) is 0 Å². The molecule has 12 nitrogen and oxygen atoms in total. The van der Waals surface area contributed by atoms with Crippen LogP contribution in [0.5, 0.6) is 0 Å². The number of nitro benzene ring substituents is 1. The van der Waals surface area contributed by atoms with E-state index < -0.39 is 4.92 Å². The Morgan fingerprint density at radius 3 is 2.44 bits per heavy atom. The second kappa shape index (κ2) is 11.7. The van der Waals surface area contributed by atoms with Crippen LogP contribution >= 0.6 is 0 Å². The number of nitro groups is 1. The number of imide groups is 1. The van der Waals surface area contributed by atoms with Gasteiger partial charge >= 0.3 is 0 Å². The summed E-state index contributed by atoms with van der Waals surface area (Å²) >= 11 is 0. The number of carbonyl (C=O) groups excluding carboxylic acids is 3. The lowest BCUT2D eigenvalue weighted by Gasteiger charge is -2.16. The van der Waals surface area contributed by atoms with E-state index >= 15 is 0 Å². The van der Waals surface area contributed by atoms with Crippen LogP contribution in [0.1, 0.15) is 38.8 Å². The van der Waals surface area contributed by atoms with E-state index in [9.17, 15) is 29.8 Å². The third kappa shape index (κ3) is 6.11. The molecule has 0 aliphatic carbocycles. The highest BCUT2D eigenvalue weighted by Gasteiger charge is 2.34. The van der Waals surface area contributed by atoms with Crippen LogP contribution in [-0.2, 0) is 11.2 Å². The van der Waals surface area contributed by atoms with E-state index in [1.165, 1.54) is 24.0 Å². The lowest BCUT2D eigenvalue weighted by molar-refractivity contribution is -0.384. The van der Waals surface area contributed by atoms with Crippen molar-refractivity contribution in [2.75, 3.05) is 30.3 Å². The van der Waals surface area contributed by atoms with Gasteiger partial charge in [0.05, 0.1) is 28.2 Å². The monoisotopic (exact) mass is 525 g/mol. The first-order chi connectivity index (χ1) is 18.8. The Morgan fingerprint density at radius 1 is 1.08 bits per heavy atom. The van der Waals surface area contributed by atoms with Crippen molar-refractivity contribution in [2.24, 2.45) is 10.2 Å². The number of nitriles is 1. The van der Waals surface area contributed by atoms with Crippen molar-refractivity contribution >= 4 is 40.5 Å². The maximum atomic E-state index is 12.5. The highest BCUT2D eigenvalue weighted by molar-refractivity contribution is 6.21. The summed E-state index contributed by atoms with van der Waals surface area (Å²) in [6.07, 6.45) is 0.420. The largest absolute Gasteiger partial charge is 0.383 e. The first-order valence-corrected chi connectivity index (χ1v) is 11.9. The summed E-state index contributed by atoms with van der Waals surface area (Å²) in [5.74, 6) is -0.904. The number of azo groups is 1. The van der Waals surface area contributed by atoms with Gasteiger partial charge in [-0.2, -0.15) is 15.5 Å². The number of carbonyl (C=O) groups is 3. The second-order valence-corrected chi connectivity index (χ2v) is 8.57. The van der Waals surface area contributed by atoms with Crippen molar-refractivity contribution in [1.29, 1.82) is 5.26 Å². The molecule has 12 heteroatoms. The Morgan fingerprint density at radius 2 is 1.79 bits per heavy atom. The van der Waals surface area contributed by atoms with Gasteiger partial charge in [0.2, 0.25) is 5.91 Å². The highest BCUT2D eigenvalue weighted by Crippen LogP contribution is 2.26. The number of non-ortho nitro benzene ring substituents is 1. The third-order valence-electron chi connectivity index (χ3n) is 5.93. The van der Waals surface area contributed by atoms with Gasteiger partial charge in [0.1, 0.15) is 11.8 Å². The van der Waals surface area contributed by atoms with Crippen LogP contribution in [0, 0.1) is 21.4 Å². The number of nitrogens with zero attached hydrogens (tertiary/aromatic N) is 5. The molecule has 1 aliphatic rings. The Hall–Kier alpha value is -5.44. The number of hydrogen-bond donors (Lipinski definition) is 2. The van der Waals surface area contributed by atoms with Crippen molar-refractivity contribution in [3.8, 4) is 6.07 Å². The maximum Gasteiger partial charge on any atom is 0.270 e. The van der Waals surface area contributed by atoms with E-state index in [2.05, 4.69) is 20.9 Å². The predicted octanol–water partition coefficient (Wildman–Crippen LogP) is 4.46. The van der Waals surface area contributed by atoms with Crippen LogP contribution in [0.15, 0.2) is 70.9 Å². The molecular formula is C27H23N7O5. The molecule has 0 atom stereocenters. The zero-order valence-electron chi connectivity index (χ0n) is 20.9. The first-order valence-electron chi connectivity index (χ1n) is 11.9. The molecule has 39 heavy (non-hydrogen) atoms. The summed E-state index contributed by atoms with van der Waals surface area (Å²) in [7, 11) is 0. The molecule has 0 unspecified atom stereocenters. The number of rotatable bonds is 10. The number of amides is 3. The van der Waals surface area contributed by atoms with E-state index in [0.29, 0.717) is 35.5 Å². The zero-order chi connectivity index (χ0) is 27.9. The molecule has 1 aliphatic heterocycles. The molecule has 0 saturated carbocycles. The molecule has 3 amide bonds. The Balaban J connectivity index is 1.38. The van der Waals surface area contributed by atoms with Crippen molar-refractivity contribution in [3.63, 3.8) is 0 Å². The van der Waals surface area contributed by atoms with E-state index in [0.717, 1.165) is 11.6 Å². The lowest BCUT2D eigenvalue weighted by Crippen LogP contribution is -2.34. The van der Waals surface area contributed by atoms with Crippen LogP contribution in [-0.4, -0.2) is 47.2 Å². The maximum absolute atomic E-state index is 12.5. The molecule has 3 aromatic rings. The van der Waals surface area contributed by atoms with Crippen molar-refractivity contribution in [3.05, 3.63) is 93.0 Å². The minimum absolute atomic E-state index is 0.0449. The fraction of sp³-hybridized carbons (Fsp3) is 0.185. The topological polar surface area (TPSA) is 170 Å². The highest BCUT2D eigenvalue weighted by atomic mass is 16.6. The lowest BCUT2D eigenvalue weighted by atomic mass is 10.1. The molecule has 0 fully saturated rings. The summed E-state index contributed by atoms with van der Waals surface area (Å²) in [4.78, 5) is 48.3. The van der Waals surface area contributed by atoms with Gasteiger partial charge < -0.3 is 10.6 Å². The molecule has 4 rings (SSSR count). The van der Waals surface area contributed by atoms with E-state index in [4.69, 9.17) is 0 Å². The zero-order valence-corrected chi connectivity index (χ0v) is 20.9. The van der Waals surface area contributed by atoms with Gasteiger partial charge in [-0.05, 0) is 42.3 Å². The smallest absolute Gasteiger partial charge is 0.270 e. The van der Waals surface area contributed by atoms with Crippen LogP contribution in [0.2, 0.25) is 0 Å². The molecule has 0 aromatic heterocycles. The van der Waals surface area contributed by atoms with Gasteiger partial charge in [-0.1, -0.05) is 18.2 Å². The van der Waals surface area contributed by atoms with Crippen molar-refractivity contribution < 1.29 is 19.3 Å². The number of hydrogen-bond acceptors (Lipinski definition) is 9. The molecular weight excluding hydrogens is 502 g/mol. The minimum atomic E-state index is -0.589. The summed E-state index contributed by atoms with van der Waals surface area (Å²) < 4.78 is 0. The molecule has 0 saturated heterocycles. The fourth-order valence-corrected chi connectivity index (χ4v) is 4.08. The van der Waals surface area contributed by atoms with Gasteiger partial charge in [-0.3, -0.25) is 29.4 Å². The average Bonchev–Trinajstić information content (AvgIpc) is 3.16. The van der Waals surface area contributed by atoms with Crippen LogP contribution in [0.4, 0.5) is 22.7 Å². The van der Waals surface area contributed by atoms with E-state index in [-0.39, 0.29) is 47.7 Å². The normalized spacial score (nSPS) is 12.4. The fourth-order valence-electron chi connectivity index (χ4n) is 4.08. The summed E-state index contributed by atoms with van der Waals surface area (Å²) in [6.45, 7) is 2.12. The SMILES string of the molecule is CC(=O)Nc1cc(NCCN2C(=O)c3ccccc3C2=O)ccc1CCN=Nc1ccc([N+](=O)[O-])cc1C#N.